The molecule has 0 aliphatic carbocycles. The van der Waals surface area contributed by atoms with Gasteiger partial charge in [0.05, 0.1) is 24.4 Å². The second-order valence-electron chi connectivity index (χ2n) is 4.69. The van der Waals surface area contributed by atoms with E-state index in [1.54, 1.807) is 20.0 Å². The number of nitrogens with zero attached hydrogens (tertiary/aromatic N) is 4. The molecule has 1 atom stereocenters. The third-order valence-electron chi connectivity index (χ3n) is 2.87. The lowest BCUT2D eigenvalue weighted by Crippen LogP contribution is -2.24. The van der Waals surface area contributed by atoms with Gasteiger partial charge in [-0.25, -0.2) is 14.8 Å². The van der Waals surface area contributed by atoms with E-state index < -0.39 is 5.97 Å². The van der Waals surface area contributed by atoms with E-state index in [9.17, 15) is 4.79 Å². The second kappa shape index (κ2) is 6.83. The fourth-order valence-corrected chi connectivity index (χ4v) is 1.90. The molecule has 0 bridgehead atoms. The van der Waals surface area contributed by atoms with Gasteiger partial charge in [0.15, 0.2) is 0 Å². The number of carbonyl (C=O) groups excluding carboxylic acids is 1. The molecule has 2 aromatic rings. The number of esters is 1. The van der Waals surface area contributed by atoms with Crippen molar-refractivity contribution >= 4 is 11.9 Å². The molecule has 1 N–H and O–H groups in total. The predicted molar refractivity (Wildman–Crippen MR) is 78.0 cm³/mol. The molecule has 7 heteroatoms. The molecule has 21 heavy (non-hydrogen) atoms. The van der Waals surface area contributed by atoms with Crippen molar-refractivity contribution in [2.45, 2.75) is 33.4 Å². The Morgan fingerprint density at radius 2 is 2.33 bits per heavy atom. The largest absolute Gasteiger partial charge is 0.462 e. The summed E-state index contributed by atoms with van der Waals surface area (Å²) in [6.45, 7) is 6.58. The summed E-state index contributed by atoms with van der Waals surface area (Å²) < 4.78 is 6.78. The molecular formula is C14H19N5O2. The van der Waals surface area contributed by atoms with E-state index in [2.05, 4.69) is 20.4 Å². The van der Waals surface area contributed by atoms with Crippen molar-refractivity contribution in [3.05, 3.63) is 35.9 Å². The van der Waals surface area contributed by atoms with Crippen molar-refractivity contribution in [1.82, 2.24) is 19.7 Å². The minimum absolute atomic E-state index is 0.109. The first kappa shape index (κ1) is 15.0. The molecule has 0 aliphatic heterocycles. The maximum Gasteiger partial charge on any atom is 0.341 e. The van der Waals surface area contributed by atoms with E-state index in [0.29, 0.717) is 30.4 Å². The first-order valence-electron chi connectivity index (χ1n) is 6.85. The molecule has 0 fully saturated rings. The normalized spacial score (nSPS) is 12.0. The Kier molecular flexibility index (Phi) is 4.86. The molecule has 0 radical (unpaired) electrons. The Bertz CT molecular complexity index is 597. The van der Waals surface area contributed by atoms with Crippen LogP contribution >= 0.6 is 0 Å². The highest BCUT2D eigenvalue weighted by Crippen LogP contribution is 2.10. The standard InChI is InChI=1S/C14H19N5O2/c1-4-21-13(20)12-8-15-14(18-11(12)3)17-10(2)9-19-7-5-6-16-19/h5-8,10H,4,9H2,1-3H3,(H,15,17,18). The summed E-state index contributed by atoms with van der Waals surface area (Å²) >= 11 is 0. The van der Waals surface area contributed by atoms with Crippen LogP contribution in [0.2, 0.25) is 0 Å². The van der Waals surface area contributed by atoms with E-state index in [0.717, 1.165) is 0 Å². The quantitative estimate of drug-likeness (QED) is 0.814. The first-order chi connectivity index (χ1) is 10.1. The van der Waals surface area contributed by atoms with Crippen LogP contribution in [0.25, 0.3) is 0 Å². The van der Waals surface area contributed by atoms with Crippen LogP contribution < -0.4 is 5.32 Å². The Labute approximate surface area is 123 Å². The molecule has 0 saturated heterocycles. The summed E-state index contributed by atoms with van der Waals surface area (Å²) in [4.78, 5) is 20.1. The van der Waals surface area contributed by atoms with E-state index in [1.807, 2.05) is 23.9 Å². The van der Waals surface area contributed by atoms with Crippen LogP contribution in [0.1, 0.15) is 29.9 Å². The monoisotopic (exact) mass is 289 g/mol. The number of anilines is 1. The van der Waals surface area contributed by atoms with E-state index in [-0.39, 0.29) is 6.04 Å². The smallest absolute Gasteiger partial charge is 0.341 e. The summed E-state index contributed by atoms with van der Waals surface area (Å²) in [5, 5.41) is 7.33. The van der Waals surface area contributed by atoms with Gasteiger partial charge in [-0.3, -0.25) is 4.68 Å². The van der Waals surface area contributed by atoms with Gasteiger partial charge in [0.1, 0.15) is 0 Å². The van der Waals surface area contributed by atoms with Gasteiger partial charge in [-0.2, -0.15) is 5.10 Å². The van der Waals surface area contributed by atoms with Crippen LogP contribution in [0.15, 0.2) is 24.7 Å². The van der Waals surface area contributed by atoms with Crippen LogP contribution in [-0.2, 0) is 11.3 Å². The fourth-order valence-electron chi connectivity index (χ4n) is 1.90. The number of rotatable bonds is 6. The van der Waals surface area contributed by atoms with Gasteiger partial charge in [0, 0.05) is 24.6 Å². The topological polar surface area (TPSA) is 81.9 Å². The maximum absolute atomic E-state index is 11.7. The molecule has 2 aromatic heterocycles. The number of nitrogens with one attached hydrogen (secondary N) is 1. The van der Waals surface area contributed by atoms with Crippen LogP contribution in [0.4, 0.5) is 5.95 Å². The van der Waals surface area contributed by atoms with Crippen LogP contribution in [-0.4, -0.2) is 38.4 Å². The van der Waals surface area contributed by atoms with Crippen molar-refractivity contribution in [2.24, 2.45) is 0 Å². The molecule has 7 nitrogen and oxygen atoms in total. The maximum atomic E-state index is 11.7. The first-order valence-corrected chi connectivity index (χ1v) is 6.85. The number of carbonyl (C=O) groups is 1. The second-order valence-corrected chi connectivity index (χ2v) is 4.69. The lowest BCUT2D eigenvalue weighted by Gasteiger charge is -2.14. The Balaban J connectivity index is 2.01. The van der Waals surface area contributed by atoms with Crippen molar-refractivity contribution in [1.29, 1.82) is 0 Å². The number of hydrogen-bond acceptors (Lipinski definition) is 6. The molecule has 112 valence electrons. The van der Waals surface area contributed by atoms with E-state index in [1.165, 1.54) is 6.20 Å². The summed E-state index contributed by atoms with van der Waals surface area (Å²) in [7, 11) is 0. The third kappa shape index (κ3) is 4.01. The van der Waals surface area contributed by atoms with Gasteiger partial charge >= 0.3 is 5.97 Å². The SMILES string of the molecule is CCOC(=O)c1cnc(NC(C)Cn2cccn2)nc1C. The van der Waals surface area contributed by atoms with Gasteiger partial charge in [-0.05, 0) is 26.8 Å². The predicted octanol–water partition coefficient (Wildman–Crippen LogP) is 1.66. The number of ether oxygens (including phenoxy) is 1. The summed E-state index contributed by atoms with van der Waals surface area (Å²) in [6, 6.07) is 1.99. The highest BCUT2D eigenvalue weighted by molar-refractivity contribution is 5.90. The lowest BCUT2D eigenvalue weighted by molar-refractivity contribution is 0.0524. The molecule has 1 unspecified atom stereocenters. The van der Waals surface area contributed by atoms with Crippen molar-refractivity contribution < 1.29 is 9.53 Å². The third-order valence-corrected chi connectivity index (χ3v) is 2.87. The zero-order chi connectivity index (χ0) is 15.2. The van der Waals surface area contributed by atoms with Crippen molar-refractivity contribution in [2.75, 3.05) is 11.9 Å². The van der Waals surface area contributed by atoms with Crippen molar-refractivity contribution in [3.8, 4) is 0 Å². The zero-order valence-electron chi connectivity index (χ0n) is 12.4. The number of aryl methyl sites for hydroxylation is 1. The Morgan fingerprint density at radius 1 is 1.52 bits per heavy atom. The molecule has 0 aliphatic rings. The van der Waals surface area contributed by atoms with Crippen LogP contribution in [0, 0.1) is 6.92 Å². The molecule has 0 amide bonds. The molecule has 0 saturated carbocycles. The lowest BCUT2D eigenvalue weighted by atomic mass is 10.2. The average molecular weight is 289 g/mol. The number of aromatic nitrogens is 4. The highest BCUT2D eigenvalue weighted by Gasteiger charge is 2.13. The zero-order valence-corrected chi connectivity index (χ0v) is 12.4. The average Bonchev–Trinajstić information content (AvgIpc) is 2.91. The van der Waals surface area contributed by atoms with E-state index in [4.69, 9.17) is 4.74 Å². The molecular weight excluding hydrogens is 270 g/mol. The Morgan fingerprint density at radius 3 is 2.95 bits per heavy atom. The number of hydrogen-bond donors (Lipinski definition) is 1. The van der Waals surface area contributed by atoms with Crippen LogP contribution in [0.5, 0.6) is 0 Å². The van der Waals surface area contributed by atoms with E-state index >= 15 is 0 Å². The molecule has 2 rings (SSSR count). The van der Waals surface area contributed by atoms with Crippen LogP contribution in [0.3, 0.4) is 0 Å². The van der Waals surface area contributed by atoms with Gasteiger partial charge in [0.25, 0.3) is 0 Å². The minimum Gasteiger partial charge on any atom is -0.462 e. The van der Waals surface area contributed by atoms with Gasteiger partial charge in [-0.1, -0.05) is 0 Å². The molecule has 0 aromatic carbocycles. The molecule has 0 spiro atoms. The minimum atomic E-state index is -0.397. The highest BCUT2D eigenvalue weighted by atomic mass is 16.5. The summed E-state index contributed by atoms with van der Waals surface area (Å²) in [6.07, 6.45) is 5.12. The van der Waals surface area contributed by atoms with Gasteiger partial charge < -0.3 is 10.1 Å². The molecule has 2 heterocycles. The van der Waals surface area contributed by atoms with Crippen molar-refractivity contribution in [3.63, 3.8) is 0 Å². The van der Waals surface area contributed by atoms with Gasteiger partial charge in [-0.15, -0.1) is 0 Å². The summed E-state index contributed by atoms with van der Waals surface area (Å²) in [5.41, 5.74) is 0.986. The summed E-state index contributed by atoms with van der Waals surface area (Å²) in [5.74, 6) is 0.0892. The van der Waals surface area contributed by atoms with Gasteiger partial charge in [0.2, 0.25) is 5.95 Å². The Hall–Kier alpha value is -2.44. The fraction of sp³-hybridized carbons (Fsp3) is 0.429.